The number of benzene rings is 1. The zero-order chi connectivity index (χ0) is 15.9. The molecule has 22 heavy (non-hydrogen) atoms. The molecule has 1 aromatic carbocycles. The van der Waals surface area contributed by atoms with Gasteiger partial charge in [-0.15, -0.1) is 0 Å². The largest absolute Gasteiger partial charge is 0.331 e. The summed E-state index contributed by atoms with van der Waals surface area (Å²) in [6.07, 6.45) is 1.56. The van der Waals surface area contributed by atoms with Gasteiger partial charge in [0.1, 0.15) is 5.69 Å². The second-order valence-electron chi connectivity index (χ2n) is 5.02. The number of nitrogens with one attached hydrogen (secondary N) is 3. The average Bonchev–Trinajstić information content (AvgIpc) is 2.54. The molecule has 0 atom stereocenters. The van der Waals surface area contributed by atoms with E-state index >= 15 is 0 Å². The third kappa shape index (κ3) is 4.53. The number of hydrogen-bond acceptors (Lipinski definition) is 3. The lowest BCUT2D eigenvalue weighted by Crippen LogP contribution is -2.44. The van der Waals surface area contributed by atoms with Gasteiger partial charge in [0.2, 0.25) is 0 Å². The Morgan fingerprint density at radius 2 is 1.82 bits per heavy atom. The van der Waals surface area contributed by atoms with E-state index in [0.717, 1.165) is 5.69 Å². The van der Waals surface area contributed by atoms with Crippen LogP contribution in [0.5, 0.6) is 0 Å². The van der Waals surface area contributed by atoms with Crippen molar-refractivity contribution in [2.24, 2.45) is 0 Å². The summed E-state index contributed by atoms with van der Waals surface area (Å²) in [7, 11) is 0. The SMILES string of the molecule is CC(C)c1ccc(NC(=S)NNC(=O)c2ccccn2)cc1. The Bertz CT molecular complexity index is 641. The Morgan fingerprint density at radius 3 is 2.41 bits per heavy atom. The Morgan fingerprint density at radius 1 is 1.09 bits per heavy atom. The molecule has 0 radical (unpaired) electrons. The Kier molecular flexibility index (Phi) is 5.43. The molecule has 1 heterocycles. The lowest BCUT2D eigenvalue weighted by Gasteiger charge is -2.12. The predicted octanol–water partition coefficient (Wildman–Crippen LogP) is 2.84. The van der Waals surface area contributed by atoms with E-state index in [0.29, 0.717) is 16.7 Å². The van der Waals surface area contributed by atoms with Crippen LogP contribution in [0.3, 0.4) is 0 Å². The zero-order valence-corrected chi connectivity index (χ0v) is 13.3. The molecule has 2 aromatic rings. The van der Waals surface area contributed by atoms with E-state index in [4.69, 9.17) is 12.2 Å². The number of nitrogens with zero attached hydrogens (tertiary/aromatic N) is 1. The van der Waals surface area contributed by atoms with Crippen molar-refractivity contribution in [2.45, 2.75) is 19.8 Å². The molecular formula is C16H18N4OS. The van der Waals surface area contributed by atoms with Crippen LogP contribution in [0.25, 0.3) is 0 Å². The molecule has 0 bridgehead atoms. The van der Waals surface area contributed by atoms with Gasteiger partial charge in [0.15, 0.2) is 5.11 Å². The number of hydrazine groups is 1. The molecule has 2 rings (SSSR count). The molecule has 0 saturated carbocycles. The van der Waals surface area contributed by atoms with Gasteiger partial charge in [-0.25, -0.2) is 0 Å². The van der Waals surface area contributed by atoms with Crippen LogP contribution in [0.4, 0.5) is 5.69 Å². The summed E-state index contributed by atoms with van der Waals surface area (Å²) in [6.45, 7) is 4.28. The summed E-state index contributed by atoms with van der Waals surface area (Å²) >= 11 is 5.13. The van der Waals surface area contributed by atoms with E-state index in [2.05, 4.69) is 35.0 Å². The number of pyridine rings is 1. The molecule has 0 aliphatic rings. The van der Waals surface area contributed by atoms with E-state index in [9.17, 15) is 4.79 Å². The van der Waals surface area contributed by atoms with Gasteiger partial charge in [0.05, 0.1) is 0 Å². The number of hydrogen-bond donors (Lipinski definition) is 3. The van der Waals surface area contributed by atoms with Crippen molar-refractivity contribution >= 4 is 28.9 Å². The molecule has 0 fully saturated rings. The van der Waals surface area contributed by atoms with Crippen molar-refractivity contribution in [3.63, 3.8) is 0 Å². The van der Waals surface area contributed by atoms with E-state index in [1.807, 2.05) is 24.3 Å². The number of amides is 1. The molecule has 1 aromatic heterocycles. The molecule has 1 amide bonds. The van der Waals surface area contributed by atoms with Gasteiger partial charge in [-0.2, -0.15) is 0 Å². The van der Waals surface area contributed by atoms with E-state index in [1.165, 1.54) is 5.56 Å². The third-order valence-electron chi connectivity index (χ3n) is 3.02. The maximum Gasteiger partial charge on any atom is 0.288 e. The van der Waals surface area contributed by atoms with Gasteiger partial charge in [-0.3, -0.25) is 20.6 Å². The standard InChI is InChI=1S/C16H18N4OS/c1-11(2)12-6-8-13(9-7-12)18-16(22)20-19-15(21)14-5-3-4-10-17-14/h3-11H,1-2H3,(H,19,21)(H2,18,20,22). The minimum absolute atomic E-state index is 0.307. The van der Waals surface area contributed by atoms with Crippen LogP contribution in [-0.4, -0.2) is 16.0 Å². The second kappa shape index (κ2) is 7.51. The van der Waals surface area contributed by atoms with Crippen LogP contribution >= 0.6 is 12.2 Å². The smallest absolute Gasteiger partial charge is 0.288 e. The summed E-state index contributed by atoms with van der Waals surface area (Å²) in [4.78, 5) is 15.7. The Hall–Kier alpha value is -2.47. The van der Waals surface area contributed by atoms with Gasteiger partial charge >= 0.3 is 0 Å². The quantitative estimate of drug-likeness (QED) is 0.600. The topological polar surface area (TPSA) is 66.0 Å². The van der Waals surface area contributed by atoms with Crippen molar-refractivity contribution < 1.29 is 4.79 Å². The molecular weight excluding hydrogens is 296 g/mol. The number of anilines is 1. The fourth-order valence-electron chi connectivity index (χ4n) is 1.79. The van der Waals surface area contributed by atoms with Crippen LogP contribution in [0.15, 0.2) is 48.7 Å². The number of thiocarbonyl (C=S) groups is 1. The number of rotatable bonds is 3. The summed E-state index contributed by atoms with van der Waals surface area (Å²) in [6, 6.07) is 13.1. The summed E-state index contributed by atoms with van der Waals surface area (Å²) in [5, 5.41) is 3.31. The summed E-state index contributed by atoms with van der Waals surface area (Å²) < 4.78 is 0. The van der Waals surface area contributed by atoms with Crippen LogP contribution in [0, 0.1) is 0 Å². The van der Waals surface area contributed by atoms with Gasteiger partial charge in [0.25, 0.3) is 5.91 Å². The Balaban J connectivity index is 1.84. The highest BCUT2D eigenvalue weighted by molar-refractivity contribution is 7.80. The molecule has 3 N–H and O–H groups in total. The van der Waals surface area contributed by atoms with Crippen molar-refractivity contribution in [2.75, 3.05) is 5.32 Å². The van der Waals surface area contributed by atoms with Crippen molar-refractivity contribution in [1.82, 2.24) is 15.8 Å². The zero-order valence-electron chi connectivity index (χ0n) is 12.5. The monoisotopic (exact) mass is 314 g/mol. The van der Waals surface area contributed by atoms with E-state index in [1.54, 1.807) is 24.4 Å². The number of aromatic nitrogens is 1. The highest BCUT2D eigenvalue weighted by Gasteiger charge is 2.06. The predicted molar refractivity (Wildman–Crippen MR) is 91.6 cm³/mol. The lowest BCUT2D eigenvalue weighted by atomic mass is 10.0. The third-order valence-corrected chi connectivity index (χ3v) is 3.23. The molecule has 0 spiro atoms. The van der Waals surface area contributed by atoms with Crippen molar-refractivity contribution in [3.8, 4) is 0 Å². The first-order valence-corrected chi connectivity index (χ1v) is 7.35. The van der Waals surface area contributed by atoms with Gasteiger partial charge in [-0.05, 0) is 48.0 Å². The summed E-state index contributed by atoms with van der Waals surface area (Å²) in [5.41, 5.74) is 7.57. The number of carbonyl (C=O) groups excluding carboxylic acids is 1. The molecule has 0 aliphatic heterocycles. The first kappa shape index (κ1) is 15.9. The average molecular weight is 314 g/mol. The molecule has 0 saturated heterocycles. The van der Waals surface area contributed by atoms with Crippen LogP contribution in [0.1, 0.15) is 35.8 Å². The number of carbonyl (C=O) groups is 1. The van der Waals surface area contributed by atoms with Crippen LogP contribution in [-0.2, 0) is 0 Å². The fourth-order valence-corrected chi connectivity index (χ4v) is 1.96. The first-order chi connectivity index (χ1) is 10.6. The van der Waals surface area contributed by atoms with Crippen molar-refractivity contribution in [3.05, 3.63) is 59.9 Å². The molecule has 114 valence electrons. The van der Waals surface area contributed by atoms with Gasteiger partial charge < -0.3 is 5.32 Å². The maximum absolute atomic E-state index is 11.8. The Labute approximate surface area is 135 Å². The van der Waals surface area contributed by atoms with Crippen molar-refractivity contribution in [1.29, 1.82) is 0 Å². The van der Waals surface area contributed by atoms with E-state index in [-0.39, 0.29) is 5.91 Å². The highest BCUT2D eigenvalue weighted by atomic mass is 32.1. The van der Waals surface area contributed by atoms with Gasteiger partial charge in [0, 0.05) is 11.9 Å². The molecule has 5 nitrogen and oxygen atoms in total. The highest BCUT2D eigenvalue weighted by Crippen LogP contribution is 2.16. The minimum atomic E-state index is -0.347. The van der Waals surface area contributed by atoms with Crippen LogP contribution < -0.4 is 16.2 Å². The maximum atomic E-state index is 11.8. The summed E-state index contributed by atoms with van der Waals surface area (Å²) in [5.74, 6) is 0.136. The van der Waals surface area contributed by atoms with Gasteiger partial charge in [-0.1, -0.05) is 32.0 Å². The lowest BCUT2D eigenvalue weighted by molar-refractivity contribution is 0.0939. The molecule has 6 heteroatoms. The van der Waals surface area contributed by atoms with Crippen LogP contribution in [0.2, 0.25) is 0 Å². The molecule has 0 unspecified atom stereocenters. The minimum Gasteiger partial charge on any atom is -0.331 e. The normalized spacial score (nSPS) is 10.1. The fraction of sp³-hybridized carbons (Fsp3) is 0.188. The molecule has 0 aliphatic carbocycles. The second-order valence-corrected chi connectivity index (χ2v) is 5.43. The first-order valence-electron chi connectivity index (χ1n) is 6.94. The van der Waals surface area contributed by atoms with E-state index < -0.39 is 0 Å².